The molecule has 0 radical (unpaired) electrons. The van der Waals surface area contributed by atoms with E-state index in [1.165, 1.54) is 32.1 Å². The zero-order valence-corrected chi connectivity index (χ0v) is 10.8. The van der Waals surface area contributed by atoms with Gasteiger partial charge in [0.25, 0.3) is 0 Å². The van der Waals surface area contributed by atoms with Crippen molar-refractivity contribution in [2.75, 3.05) is 11.9 Å². The number of hydrogen-bond donors (Lipinski definition) is 1. The van der Waals surface area contributed by atoms with Gasteiger partial charge in [-0.15, -0.1) is 0 Å². The van der Waals surface area contributed by atoms with Crippen molar-refractivity contribution in [2.24, 2.45) is 5.73 Å². The maximum absolute atomic E-state index is 5.63. The monoisotopic (exact) mass is 234 g/mol. The molecule has 0 aromatic carbocycles. The van der Waals surface area contributed by atoms with Crippen LogP contribution in [0.5, 0.6) is 0 Å². The molecule has 0 unspecified atom stereocenters. The number of rotatable bonds is 3. The Morgan fingerprint density at radius 1 is 1.35 bits per heavy atom. The third-order valence-electron chi connectivity index (χ3n) is 3.73. The Labute approximate surface area is 103 Å². The van der Waals surface area contributed by atoms with Gasteiger partial charge in [0.1, 0.15) is 0 Å². The van der Waals surface area contributed by atoms with Crippen molar-refractivity contribution in [3.63, 3.8) is 0 Å². The fourth-order valence-electron chi connectivity index (χ4n) is 2.48. The van der Waals surface area contributed by atoms with Crippen LogP contribution in [-0.4, -0.2) is 23.1 Å². The Hall–Kier alpha value is -1.16. The first-order valence-corrected chi connectivity index (χ1v) is 6.48. The molecule has 0 amide bonds. The van der Waals surface area contributed by atoms with Gasteiger partial charge in [0.2, 0.25) is 5.95 Å². The third-order valence-corrected chi connectivity index (χ3v) is 3.73. The van der Waals surface area contributed by atoms with E-state index in [0.717, 1.165) is 17.2 Å². The van der Waals surface area contributed by atoms with Crippen molar-refractivity contribution < 1.29 is 0 Å². The molecule has 2 rings (SSSR count). The first kappa shape index (κ1) is 12.3. The Balaban J connectivity index is 2.12. The van der Waals surface area contributed by atoms with E-state index >= 15 is 0 Å². The lowest BCUT2D eigenvalue weighted by atomic mass is 9.95. The van der Waals surface area contributed by atoms with E-state index < -0.39 is 0 Å². The van der Waals surface area contributed by atoms with Gasteiger partial charge in [-0.1, -0.05) is 19.3 Å². The highest BCUT2D eigenvalue weighted by atomic mass is 15.2. The summed E-state index contributed by atoms with van der Waals surface area (Å²) in [7, 11) is 2.10. The van der Waals surface area contributed by atoms with Gasteiger partial charge in [-0.2, -0.15) is 0 Å². The molecule has 1 aliphatic carbocycles. The molecular weight excluding hydrogens is 212 g/mol. The van der Waals surface area contributed by atoms with E-state index in [1.54, 1.807) is 0 Å². The highest BCUT2D eigenvalue weighted by molar-refractivity contribution is 5.33. The highest BCUT2D eigenvalue weighted by Crippen LogP contribution is 2.24. The second kappa shape index (κ2) is 5.45. The molecule has 1 saturated carbocycles. The highest BCUT2D eigenvalue weighted by Gasteiger charge is 2.20. The summed E-state index contributed by atoms with van der Waals surface area (Å²) in [4.78, 5) is 11.2. The lowest BCUT2D eigenvalue weighted by Gasteiger charge is -2.31. The van der Waals surface area contributed by atoms with E-state index in [9.17, 15) is 0 Å². The largest absolute Gasteiger partial charge is 0.341 e. The lowest BCUT2D eigenvalue weighted by molar-refractivity contribution is 0.424. The Bertz CT molecular complexity index is 372. The second-order valence-corrected chi connectivity index (χ2v) is 4.89. The number of anilines is 1. The standard InChI is InChI=1S/C13H22N4/c1-10-11(8-14)9-15-13(16-10)17(2)12-6-4-3-5-7-12/h9,12H,3-8,14H2,1-2H3. The minimum atomic E-state index is 0.513. The van der Waals surface area contributed by atoms with Gasteiger partial charge >= 0.3 is 0 Å². The predicted octanol–water partition coefficient (Wildman–Crippen LogP) is 2.01. The van der Waals surface area contributed by atoms with Gasteiger partial charge < -0.3 is 10.6 Å². The van der Waals surface area contributed by atoms with Gasteiger partial charge in [0.05, 0.1) is 0 Å². The van der Waals surface area contributed by atoms with Gasteiger partial charge in [-0.05, 0) is 19.8 Å². The molecule has 1 aromatic heterocycles. The third kappa shape index (κ3) is 2.75. The molecule has 4 nitrogen and oxygen atoms in total. The summed E-state index contributed by atoms with van der Waals surface area (Å²) in [5.74, 6) is 0.839. The van der Waals surface area contributed by atoms with Gasteiger partial charge in [-0.25, -0.2) is 9.97 Å². The van der Waals surface area contributed by atoms with Crippen LogP contribution in [0.25, 0.3) is 0 Å². The van der Waals surface area contributed by atoms with Crippen molar-refractivity contribution in [1.82, 2.24) is 9.97 Å². The SMILES string of the molecule is Cc1nc(N(C)C2CCCCC2)ncc1CN. The first-order chi connectivity index (χ1) is 8.22. The summed E-state index contributed by atoms with van der Waals surface area (Å²) in [6, 6.07) is 0.604. The Morgan fingerprint density at radius 3 is 2.65 bits per heavy atom. The summed E-state index contributed by atoms with van der Waals surface area (Å²) in [5, 5.41) is 0. The van der Waals surface area contributed by atoms with Crippen molar-refractivity contribution in [2.45, 2.75) is 51.6 Å². The van der Waals surface area contributed by atoms with Crippen molar-refractivity contribution in [1.29, 1.82) is 0 Å². The molecule has 94 valence electrons. The molecule has 1 fully saturated rings. The van der Waals surface area contributed by atoms with E-state index in [-0.39, 0.29) is 0 Å². The van der Waals surface area contributed by atoms with Crippen LogP contribution in [0.1, 0.15) is 43.4 Å². The normalized spacial score (nSPS) is 17.1. The van der Waals surface area contributed by atoms with Crippen LogP contribution in [0.4, 0.5) is 5.95 Å². The average Bonchev–Trinajstić information content (AvgIpc) is 2.39. The van der Waals surface area contributed by atoms with E-state index in [4.69, 9.17) is 5.73 Å². The minimum absolute atomic E-state index is 0.513. The summed E-state index contributed by atoms with van der Waals surface area (Å²) in [5.41, 5.74) is 7.66. The number of nitrogens with two attached hydrogens (primary N) is 1. The lowest BCUT2D eigenvalue weighted by Crippen LogP contribution is -2.34. The molecular formula is C13H22N4. The van der Waals surface area contributed by atoms with E-state index in [1.807, 2.05) is 13.1 Å². The molecule has 4 heteroatoms. The first-order valence-electron chi connectivity index (χ1n) is 6.48. The molecule has 1 aromatic rings. The molecule has 1 heterocycles. The quantitative estimate of drug-likeness (QED) is 0.869. The summed E-state index contributed by atoms with van der Waals surface area (Å²) in [6.45, 7) is 2.52. The van der Waals surface area contributed by atoms with Crippen LogP contribution in [0.3, 0.4) is 0 Å². The molecule has 0 atom stereocenters. The zero-order chi connectivity index (χ0) is 12.3. The van der Waals surface area contributed by atoms with Crippen LogP contribution >= 0.6 is 0 Å². The maximum atomic E-state index is 5.63. The number of aryl methyl sites for hydroxylation is 1. The van der Waals surface area contributed by atoms with Gasteiger partial charge in [-0.3, -0.25) is 0 Å². The van der Waals surface area contributed by atoms with Gasteiger partial charge in [0.15, 0.2) is 0 Å². The molecule has 2 N–H and O–H groups in total. The molecule has 0 bridgehead atoms. The summed E-state index contributed by atoms with van der Waals surface area (Å²) >= 11 is 0. The fraction of sp³-hybridized carbons (Fsp3) is 0.692. The summed E-state index contributed by atoms with van der Waals surface area (Å²) < 4.78 is 0. The zero-order valence-electron chi connectivity index (χ0n) is 10.8. The van der Waals surface area contributed by atoms with Crippen molar-refractivity contribution >= 4 is 5.95 Å². The van der Waals surface area contributed by atoms with Crippen LogP contribution in [-0.2, 0) is 6.54 Å². The van der Waals surface area contributed by atoms with Crippen LogP contribution in [0, 0.1) is 6.92 Å². The second-order valence-electron chi connectivity index (χ2n) is 4.89. The average molecular weight is 234 g/mol. The number of aromatic nitrogens is 2. The van der Waals surface area contributed by atoms with Crippen molar-refractivity contribution in [3.8, 4) is 0 Å². The number of nitrogens with zero attached hydrogens (tertiary/aromatic N) is 3. The van der Waals surface area contributed by atoms with Crippen LogP contribution in [0.2, 0.25) is 0 Å². The fourth-order valence-corrected chi connectivity index (χ4v) is 2.48. The molecule has 0 saturated heterocycles. The smallest absolute Gasteiger partial charge is 0.225 e. The maximum Gasteiger partial charge on any atom is 0.225 e. The minimum Gasteiger partial charge on any atom is -0.341 e. The summed E-state index contributed by atoms with van der Waals surface area (Å²) in [6.07, 6.45) is 8.41. The Morgan fingerprint density at radius 2 is 2.06 bits per heavy atom. The van der Waals surface area contributed by atoms with Crippen LogP contribution < -0.4 is 10.6 Å². The molecule has 17 heavy (non-hydrogen) atoms. The van der Waals surface area contributed by atoms with Gasteiger partial charge in [0, 0.05) is 37.1 Å². The van der Waals surface area contributed by atoms with Crippen LogP contribution in [0.15, 0.2) is 6.20 Å². The number of hydrogen-bond acceptors (Lipinski definition) is 4. The topological polar surface area (TPSA) is 55.0 Å². The predicted molar refractivity (Wildman–Crippen MR) is 69.9 cm³/mol. The van der Waals surface area contributed by atoms with Crippen molar-refractivity contribution in [3.05, 3.63) is 17.5 Å². The molecule has 0 spiro atoms. The van der Waals surface area contributed by atoms with E-state index in [2.05, 4.69) is 21.9 Å². The molecule has 1 aliphatic rings. The molecule has 0 aliphatic heterocycles. The van der Waals surface area contributed by atoms with E-state index in [0.29, 0.717) is 12.6 Å². The Kier molecular flexibility index (Phi) is 3.94.